The zero-order chi connectivity index (χ0) is 18.2. The first-order valence-corrected chi connectivity index (χ1v) is 10.1. The molecule has 0 aliphatic carbocycles. The van der Waals surface area contributed by atoms with Crippen LogP contribution in [0.5, 0.6) is 0 Å². The lowest BCUT2D eigenvalue weighted by molar-refractivity contribution is -0.126. The van der Waals surface area contributed by atoms with Crippen molar-refractivity contribution in [1.82, 2.24) is 15.4 Å². The highest BCUT2D eigenvalue weighted by Crippen LogP contribution is 2.25. The van der Waals surface area contributed by atoms with E-state index in [1.54, 1.807) is 11.3 Å². The average Bonchev–Trinajstić information content (AvgIpc) is 3.30. The number of thiophene rings is 1. The lowest BCUT2D eigenvalue weighted by Crippen LogP contribution is -2.37. The third-order valence-electron chi connectivity index (χ3n) is 4.52. The van der Waals surface area contributed by atoms with Gasteiger partial charge < -0.3 is 19.5 Å². The van der Waals surface area contributed by atoms with Gasteiger partial charge in [0.2, 0.25) is 5.91 Å². The third kappa shape index (κ3) is 5.93. The molecule has 0 aromatic carbocycles. The summed E-state index contributed by atoms with van der Waals surface area (Å²) < 4.78 is 10.7. The highest BCUT2D eigenvalue weighted by molar-refractivity contribution is 7.13. The predicted octanol–water partition coefficient (Wildman–Crippen LogP) is 3.16. The van der Waals surface area contributed by atoms with Crippen molar-refractivity contribution in [2.45, 2.75) is 32.8 Å². The highest BCUT2D eigenvalue weighted by atomic mass is 32.1. The summed E-state index contributed by atoms with van der Waals surface area (Å²) in [6.45, 7) is 6.74. The van der Waals surface area contributed by atoms with Crippen molar-refractivity contribution in [3.8, 4) is 10.6 Å². The molecular weight excluding hydrogens is 350 g/mol. The van der Waals surface area contributed by atoms with Gasteiger partial charge >= 0.3 is 0 Å². The fourth-order valence-corrected chi connectivity index (χ4v) is 3.91. The first-order chi connectivity index (χ1) is 12.7. The Balaban J connectivity index is 1.26. The topological polar surface area (TPSA) is 67.6 Å². The predicted molar refractivity (Wildman–Crippen MR) is 102 cm³/mol. The summed E-state index contributed by atoms with van der Waals surface area (Å²) in [5, 5.41) is 8.88. The Labute approximate surface area is 158 Å². The van der Waals surface area contributed by atoms with Crippen LogP contribution in [0.25, 0.3) is 10.6 Å². The zero-order valence-electron chi connectivity index (χ0n) is 15.3. The minimum Gasteiger partial charge on any atom is -0.365 e. The second-order valence-corrected chi connectivity index (χ2v) is 7.85. The minimum absolute atomic E-state index is 0.0436. The standard InChI is InChI=1S/C19H27N3O3S/c1-15-5-2-8-22(12-15)9-4-7-20-19(23)14-24-13-16-11-17(25-21-16)18-6-3-10-26-18/h3,6,10-11,15H,2,4-5,7-9,12-14H2,1H3,(H,20,23)/t15-/m1/s1. The lowest BCUT2D eigenvalue weighted by Gasteiger charge is -2.30. The molecule has 7 heteroatoms. The van der Waals surface area contributed by atoms with Crippen molar-refractivity contribution < 1.29 is 14.1 Å². The number of ether oxygens (including phenoxy) is 1. The number of carbonyl (C=O) groups excluding carboxylic acids is 1. The smallest absolute Gasteiger partial charge is 0.246 e. The van der Waals surface area contributed by atoms with Crippen molar-refractivity contribution >= 4 is 17.2 Å². The lowest BCUT2D eigenvalue weighted by atomic mass is 10.0. The summed E-state index contributed by atoms with van der Waals surface area (Å²) in [5.74, 6) is 1.44. The van der Waals surface area contributed by atoms with E-state index in [1.807, 2.05) is 23.6 Å². The van der Waals surface area contributed by atoms with Gasteiger partial charge in [-0.3, -0.25) is 4.79 Å². The molecular formula is C19H27N3O3S. The number of rotatable bonds is 9. The SMILES string of the molecule is C[C@@H]1CCCN(CCCNC(=O)COCc2cc(-c3cccs3)on2)C1. The molecule has 26 heavy (non-hydrogen) atoms. The van der Waals surface area contributed by atoms with Crippen LogP contribution in [0.4, 0.5) is 0 Å². The fourth-order valence-electron chi connectivity index (χ4n) is 3.23. The number of nitrogens with zero attached hydrogens (tertiary/aromatic N) is 2. The molecule has 0 unspecified atom stereocenters. The molecule has 1 aliphatic rings. The van der Waals surface area contributed by atoms with E-state index < -0.39 is 0 Å². The normalized spacial score (nSPS) is 18.1. The van der Waals surface area contributed by atoms with E-state index in [0.717, 1.165) is 29.5 Å². The maximum Gasteiger partial charge on any atom is 0.246 e. The van der Waals surface area contributed by atoms with Crippen LogP contribution in [0.15, 0.2) is 28.1 Å². The van der Waals surface area contributed by atoms with E-state index >= 15 is 0 Å². The zero-order valence-corrected chi connectivity index (χ0v) is 16.1. The van der Waals surface area contributed by atoms with Crippen LogP contribution in [0.3, 0.4) is 0 Å². The quantitative estimate of drug-likeness (QED) is 0.680. The van der Waals surface area contributed by atoms with Gasteiger partial charge in [0, 0.05) is 19.2 Å². The van der Waals surface area contributed by atoms with E-state index in [2.05, 4.69) is 22.3 Å². The first kappa shape index (κ1) is 19.1. The van der Waals surface area contributed by atoms with Crippen molar-refractivity contribution in [2.75, 3.05) is 32.8 Å². The first-order valence-electron chi connectivity index (χ1n) is 9.27. The minimum atomic E-state index is -0.0843. The second kappa shape index (κ2) is 9.85. The molecule has 1 saturated heterocycles. The number of nitrogens with one attached hydrogen (secondary N) is 1. The van der Waals surface area contributed by atoms with E-state index in [-0.39, 0.29) is 19.1 Å². The van der Waals surface area contributed by atoms with Gasteiger partial charge in [0.25, 0.3) is 0 Å². The number of piperidine rings is 1. The average molecular weight is 378 g/mol. The summed E-state index contributed by atoms with van der Waals surface area (Å²) in [6, 6.07) is 5.80. The molecule has 0 radical (unpaired) electrons. The summed E-state index contributed by atoms with van der Waals surface area (Å²) in [6.07, 6.45) is 3.61. The van der Waals surface area contributed by atoms with Gasteiger partial charge in [-0.25, -0.2) is 0 Å². The Kier molecular flexibility index (Phi) is 7.22. The van der Waals surface area contributed by atoms with Crippen LogP contribution in [0, 0.1) is 5.92 Å². The van der Waals surface area contributed by atoms with Crippen molar-refractivity contribution in [2.24, 2.45) is 5.92 Å². The van der Waals surface area contributed by atoms with Gasteiger partial charge in [-0.1, -0.05) is 18.1 Å². The molecule has 3 heterocycles. The van der Waals surface area contributed by atoms with Crippen LogP contribution in [-0.2, 0) is 16.1 Å². The number of likely N-dealkylation sites (tertiary alicyclic amines) is 1. The highest BCUT2D eigenvalue weighted by Gasteiger charge is 2.15. The molecule has 1 fully saturated rings. The van der Waals surface area contributed by atoms with Crippen LogP contribution in [0.2, 0.25) is 0 Å². The van der Waals surface area contributed by atoms with Crippen LogP contribution in [-0.4, -0.2) is 48.7 Å². The van der Waals surface area contributed by atoms with Crippen LogP contribution < -0.4 is 5.32 Å². The molecule has 1 aliphatic heterocycles. The Hall–Kier alpha value is -1.70. The summed E-state index contributed by atoms with van der Waals surface area (Å²) in [5.41, 5.74) is 0.695. The number of amides is 1. The molecule has 0 spiro atoms. The summed E-state index contributed by atoms with van der Waals surface area (Å²) >= 11 is 1.60. The molecule has 1 N–H and O–H groups in total. The number of aromatic nitrogens is 1. The second-order valence-electron chi connectivity index (χ2n) is 6.90. The summed E-state index contributed by atoms with van der Waals surface area (Å²) in [7, 11) is 0. The number of carbonyl (C=O) groups is 1. The van der Waals surface area contributed by atoms with Gasteiger partial charge in [0.15, 0.2) is 5.76 Å². The molecule has 2 aromatic rings. The van der Waals surface area contributed by atoms with Crippen LogP contribution in [0.1, 0.15) is 31.9 Å². The largest absolute Gasteiger partial charge is 0.365 e. The van der Waals surface area contributed by atoms with Gasteiger partial charge in [-0.15, -0.1) is 11.3 Å². The van der Waals surface area contributed by atoms with Crippen molar-refractivity contribution in [3.05, 3.63) is 29.3 Å². The molecule has 1 atom stereocenters. The van der Waals surface area contributed by atoms with E-state index in [9.17, 15) is 4.79 Å². The Morgan fingerprint density at radius 2 is 2.46 bits per heavy atom. The number of hydrogen-bond donors (Lipinski definition) is 1. The molecule has 0 saturated carbocycles. The Bertz CT molecular complexity index is 671. The maximum absolute atomic E-state index is 11.8. The van der Waals surface area contributed by atoms with E-state index in [1.165, 1.54) is 25.9 Å². The molecule has 0 bridgehead atoms. The van der Waals surface area contributed by atoms with E-state index in [0.29, 0.717) is 12.2 Å². The Morgan fingerprint density at radius 3 is 3.27 bits per heavy atom. The van der Waals surface area contributed by atoms with Gasteiger partial charge in [-0.05, 0) is 49.7 Å². The van der Waals surface area contributed by atoms with Gasteiger partial charge in [0.1, 0.15) is 12.3 Å². The van der Waals surface area contributed by atoms with Gasteiger partial charge in [0.05, 0.1) is 11.5 Å². The van der Waals surface area contributed by atoms with Crippen molar-refractivity contribution in [3.63, 3.8) is 0 Å². The molecule has 1 amide bonds. The van der Waals surface area contributed by atoms with Crippen molar-refractivity contribution in [1.29, 1.82) is 0 Å². The monoisotopic (exact) mass is 377 g/mol. The van der Waals surface area contributed by atoms with Crippen LogP contribution >= 0.6 is 11.3 Å². The molecule has 6 nitrogen and oxygen atoms in total. The third-order valence-corrected chi connectivity index (χ3v) is 5.40. The molecule has 3 rings (SSSR count). The Morgan fingerprint density at radius 1 is 1.54 bits per heavy atom. The fraction of sp³-hybridized carbons (Fsp3) is 0.579. The molecule has 142 valence electrons. The molecule has 2 aromatic heterocycles. The maximum atomic E-state index is 11.8. The number of hydrogen-bond acceptors (Lipinski definition) is 6. The van der Waals surface area contributed by atoms with Gasteiger partial charge in [-0.2, -0.15) is 0 Å². The summed E-state index contributed by atoms with van der Waals surface area (Å²) in [4.78, 5) is 15.4. The van der Waals surface area contributed by atoms with E-state index in [4.69, 9.17) is 9.26 Å².